The highest BCUT2D eigenvalue weighted by Gasteiger charge is 2.72. The van der Waals surface area contributed by atoms with Crippen LogP contribution in [0.25, 0.3) is 0 Å². The van der Waals surface area contributed by atoms with Crippen molar-refractivity contribution in [1.82, 2.24) is 0 Å². The minimum Gasteiger partial charge on any atom is -0.481 e. The van der Waals surface area contributed by atoms with E-state index in [9.17, 15) is 34.5 Å². The van der Waals surface area contributed by atoms with Crippen LogP contribution in [-0.2, 0) is 23.9 Å². The summed E-state index contributed by atoms with van der Waals surface area (Å²) in [6.45, 7) is 9.98. The average Bonchev–Trinajstić information content (AvgIpc) is 2.84. The molecule has 37 heavy (non-hydrogen) atoms. The summed E-state index contributed by atoms with van der Waals surface area (Å²) < 4.78 is 10.9. The third-order valence-electron chi connectivity index (χ3n) is 8.66. The van der Waals surface area contributed by atoms with Gasteiger partial charge in [-0.2, -0.15) is 0 Å². The molecule has 9 heteroatoms. The first-order valence-corrected chi connectivity index (χ1v) is 12.2. The largest absolute Gasteiger partial charge is 0.481 e. The summed E-state index contributed by atoms with van der Waals surface area (Å²) in [6, 6.07) is 8.12. The highest BCUT2D eigenvalue weighted by Crippen LogP contribution is 2.63. The van der Waals surface area contributed by atoms with E-state index >= 15 is 0 Å². The molecule has 0 radical (unpaired) electrons. The minimum absolute atomic E-state index is 0.0891. The Morgan fingerprint density at radius 2 is 1.78 bits per heavy atom. The first kappa shape index (κ1) is 28.5. The van der Waals surface area contributed by atoms with Gasteiger partial charge in [0.25, 0.3) is 0 Å². The van der Waals surface area contributed by atoms with E-state index in [0.29, 0.717) is 0 Å². The van der Waals surface area contributed by atoms with Crippen LogP contribution in [0, 0.1) is 28.1 Å². The maximum atomic E-state index is 13.8. The number of aliphatic hydroxyl groups excluding tert-OH is 1. The number of carboxylic acid groups (broad SMARTS) is 1. The molecule has 0 aromatic heterocycles. The van der Waals surface area contributed by atoms with Crippen LogP contribution in [0.5, 0.6) is 0 Å². The molecule has 0 saturated heterocycles. The fourth-order valence-corrected chi connectivity index (χ4v) is 6.83. The summed E-state index contributed by atoms with van der Waals surface area (Å²) in [4.78, 5) is 52.0. The number of rotatable bonds is 7. The lowest BCUT2D eigenvalue weighted by Crippen LogP contribution is -2.75. The lowest BCUT2D eigenvalue weighted by atomic mass is 9.42. The molecule has 0 bridgehead atoms. The maximum Gasteiger partial charge on any atom is 0.338 e. The van der Waals surface area contributed by atoms with Crippen LogP contribution in [0.2, 0.25) is 0 Å². The molecule has 9 nitrogen and oxygen atoms in total. The number of aliphatic hydroxyl groups is 2. The molecule has 7 atom stereocenters. The number of carboxylic acids is 1. The summed E-state index contributed by atoms with van der Waals surface area (Å²) in [5.74, 6) is -5.53. The lowest BCUT2D eigenvalue weighted by molar-refractivity contribution is -0.253. The zero-order chi connectivity index (χ0) is 28.0. The third-order valence-corrected chi connectivity index (χ3v) is 8.66. The molecule has 2 aliphatic rings. The van der Waals surface area contributed by atoms with E-state index in [1.807, 2.05) is 0 Å². The van der Waals surface area contributed by atoms with Gasteiger partial charge < -0.3 is 24.8 Å². The van der Waals surface area contributed by atoms with E-state index in [1.54, 1.807) is 51.1 Å². The highest BCUT2D eigenvalue weighted by atomic mass is 16.5. The van der Waals surface area contributed by atoms with Crippen LogP contribution in [0.3, 0.4) is 0 Å². The number of allylic oxidation sites excluding steroid dienone is 1. The van der Waals surface area contributed by atoms with Gasteiger partial charge in [-0.15, -0.1) is 6.58 Å². The molecule has 1 aromatic carbocycles. The molecule has 0 spiro atoms. The number of aliphatic carboxylic acids is 1. The predicted octanol–water partition coefficient (Wildman–Crippen LogP) is 2.79. The van der Waals surface area contributed by atoms with Gasteiger partial charge in [-0.25, -0.2) is 4.79 Å². The topological polar surface area (TPSA) is 147 Å². The normalized spacial score (nSPS) is 35.7. The second-order valence-corrected chi connectivity index (χ2v) is 11.4. The first-order valence-electron chi connectivity index (χ1n) is 12.2. The van der Waals surface area contributed by atoms with Gasteiger partial charge in [0, 0.05) is 12.3 Å². The molecule has 3 rings (SSSR count). The Hall–Kier alpha value is -3.04. The summed E-state index contributed by atoms with van der Waals surface area (Å²) >= 11 is 0. The Balaban J connectivity index is 2.25. The van der Waals surface area contributed by atoms with Gasteiger partial charge in [-0.1, -0.05) is 31.2 Å². The Morgan fingerprint density at radius 1 is 1.19 bits per heavy atom. The van der Waals surface area contributed by atoms with E-state index in [0.717, 1.165) is 0 Å². The minimum atomic E-state index is -2.46. The third kappa shape index (κ3) is 4.48. The van der Waals surface area contributed by atoms with E-state index in [1.165, 1.54) is 20.1 Å². The summed E-state index contributed by atoms with van der Waals surface area (Å²) in [5.41, 5.74) is -6.39. The van der Waals surface area contributed by atoms with Crippen LogP contribution in [0.4, 0.5) is 0 Å². The first-order chi connectivity index (χ1) is 17.1. The fourth-order valence-electron chi connectivity index (χ4n) is 6.83. The number of hydrogen-bond donors (Lipinski definition) is 3. The number of Topliss-reactive ketones (excluding diaryl/α,β-unsaturated/α-hetero) is 1. The number of carbonyl (C=O) groups excluding carboxylic acids is 3. The fraction of sp³-hybridized carbons (Fsp3) is 0.571. The number of ether oxygens (including phenoxy) is 2. The van der Waals surface area contributed by atoms with Crippen molar-refractivity contribution < 1.29 is 44.0 Å². The number of benzene rings is 1. The number of ketones is 1. The van der Waals surface area contributed by atoms with E-state index < -0.39 is 76.0 Å². The van der Waals surface area contributed by atoms with Crippen LogP contribution < -0.4 is 0 Å². The van der Waals surface area contributed by atoms with Gasteiger partial charge in [-0.05, 0) is 50.7 Å². The molecule has 202 valence electrons. The average molecular weight is 517 g/mol. The number of esters is 2. The van der Waals surface area contributed by atoms with Gasteiger partial charge in [0.1, 0.15) is 6.10 Å². The quantitative estimate of drug-likeness (QED) is 0.367. The monoisotopic (exact) mass is 516 g/mol. The Bertz CT molecular complexity index is 1100. The second kappa shape index (κ2) is 9.68. The van der Waals surface area contributed by atoms with Gasteiger partial charge in [0.2, 0.25) is 0 Å². The Labute approximate surface area is 216 Å². The smallest absolute Gasteiger partial charge is 0.338 e. The van der Waals surface area contributed by atoms with Gasteiger partial charge in [0.15, 0.2) is 11.4 Å². The van der Waals surface area contributed by atoms with Crippen molar-refractivity contribution >= 4 is 23.7 Å². The van der Waals surface area contributed by atoms with E-state index in [-0.39, 0.29) is 18.4 Å². The predicted molar refractivity (Wildman–Crippen MR) is 132 cm³/mol. The van der Waals surface area contributed by atoms with Gasteiger partial charge >= 0.3 is 17.9 Å². The van der Waals surface area contributed by atoms with Crippen molar-refractivity contribution in [3.8, 4) is 0 Å². The summed E-state index contributed by atoms with van der Waals surface area (Å²) in [5, 5.41) is 33.3. The SMILES string of the molecule is C=C[C@@]1(C)C[C@@H](OC(=O)c2ccccc2)[C@@H]2[C@@](C)(CC(=O)O)[C@H](C(C)(C)C(=O)OC)C[C@@H](O)[C@@]2(O)C1=O. The van der Waals surface area contributed by atoms with Crippen molar-refractivity contribution in [2.45, 2.75) is 64.8 Å². The number of carbonyl (C=O) groups is 4. The second-order valence-electron chi connectivity index (χ2n) is 11.4. The lowest BCUT2D eigenvalue weighted by Gasteiger charge is -2.63. The van der Waals surface area contributed by atoms with E-state index in [2.05, 4.69) is 6.58 Å². The summed E-state index contributed by atoms with van der Waals surface area (Å²) in [7, 11) is 1.21. The van der Waals surface area contributed by atoms with Crippen LogP contribution in [0.15, 0.2) is 43.0 Å². The van der Waals surface area contributed by atoms with Crippen molar-refractivity contribution in [3.05, 3.63) is 48.6 Å². The Morgan fingerprint density at radius 3 is 2.30 bits per heavy atom. The Kier molecular flexibility index (Phi) is 7.47. The molecule has 0 amide bonds. The van der Waals surface area contributed by atoms with Crippen molar-refractivity contribution in [1.29, 1.82) is 0 Å². The molecule has 0 unspecified atom stereocenters. The molecule has 0 heterocycles. The molecular formula is C28H36O9. The number of methoxy groups -OCH3 is 1. The van der Waals surface area contributed by atoms with Crippen molar-refractivity contribution in [2.24, 2.45) is 28.1 Å². The molecule has 1 aromatic rings. The zero-order valence-corrected chi connectivity index (χ0v) is 21.9. The number of fused-ring (bicyclic) bond motifs is 1. The highest BCUT2D eigenvalue weighted by molar-refractivity contribution is 5.96. The molecule has 2 aliphatic carbocycles. The standard InChI is InChI=1S/C28H36O9/c1-7-26(4)14-17(37-22(32)16-11-9-8-10-12-16)21-27(5,15-20(30)31)18(25(2,3)24(34)36-6)13-19(29)28(21,35)23(26)33/h7-12,17-19,21,29,35H,1,13-15H2,2-6H3,(H,30,31)/t17-,18+,19-,21-,26+,27+,28+/m1/s1. The van der Waals surface area contributed by atoms with Crippen LogP contribution >= 0.6 is 0 Å². The van der Waals surface area contributed by atoms with Gasteiger partial charge in [0.05, 0.1) is 36.0 Å². The number of hydrogen-bond acceptors (Lipinski definition) is 8. The van der Waals surface area contributed by atoms with Gasteiger partial charge in [-0.3, -0.25) is 14.4 Å². The van der Waals surface area contributed by atoms with Crippen LogP contribution in [-0.4, -0.2) is 63.9 Å². The molecule has 2 fully saturated rings. The van der Waals surface area contributed by atoms with Crippen LogP contribution in [0.1, 0.15) is 57.3 Å². The van der Waals surface area contributed by atoms with Crippen molar-refractivity contribution in [2.75, 3.05) is 7.11 Å². The molecule has 3 N–H and O–H groups in total. The van der Waals surface area contributed by atoms with E-state index in [4.69, 9.17) is 9.47 Å². The molecule has 2 saturated carbocycles. The van der Waals surface area contributed by atoms with Crippen molar-refractivity contribution in [3.63, 3.8) is 0 Å². The molecular weight excluding hydrogens is 480 g/mol. The summed E-state index contributed by atoms with van der Waals surface area (Å²) in [6.07, 6.45) is -2.41. The molecule has 0 aliphatic heterocycles. The zero-order valence-electron chi connectivity index (χ0n) is 21.9. The maximum absolute atomic E-state index is 13.8.